The quantitative estimate of drug-likeness (QED) is 0.900. The first-order valence-corrected chi connectivity index (χ1v) is 6.31. The van der Waals surface area contributed by atoms with E-state index < -0.39 is 5.97 Å². The van der Waals surface area contributed by atoms with E-state index in [9.17, 15) is 4.79 Å². The minimum Gasteiger partial charge on any atom is -0.496 e. The minimum absolute atomic E-state index is 0.0778. The highest BCUT2D eigenvalue weighted by Crippen LogP contribution is 2.29. The number of nitrogens with one attached hydrogen (secondary N) is 1. The highest BCUT2D eigenvalue weighted by molar-refractivity contribution is 6.33. The van der Waals surface area contributed by atoms with Gasteiger partial charge in [0.25, 0.3) is 0 Å². The summed E-state index contributed by atoms with van der Waals surface area (Å²) in [6.45, 7) is 0. The minimum atomic E-state index is -1.06. The van der Waals surface area contributed by atoms with E-state index in [-0.39, 0.29) is 11.3 Å². The average molecular weight is 303 g/mol. The third-order valence-corrected chi connectivity index (χ3v) is 3.12. The van der Waals surface area contributed by atoms with Crippen LogP contribution in [0.1, 0.15) is 15.9 Å². The molecule has 0 aromatic heterocycles. The van der Waals surface area contributed by atoms with E-state index in [1.807, 2.05) is 6.07 Å². The summed E-state index contributed by atoms with van der Waals surface area (Å²) in [6, 6.07) is 11.5. The van der Waals surface area contributed by atoms with Gasteiger partial charge in [-0.15, -0.1) is 0 Å². The van der Waals surface area contributed by atoms with Gasteiger partial charge in [-0.05, 0) is 30.3 Å². The van der Waals surface area contributed by atoms with Gasteiger partial charge >= 0.3 is 5.97 Å². The van der Waals surface area contributed by atoms with Crippen LogP contribution in [0.2, 0.25) is 5.02 Å². The standard InChI is InChI=1S/C15H11ClN2O3/c1-21-14-7-10(3-4-11(14)15(19)20)18-13-5-2-9(8-17)6-12(13)16/h2-7,18H,1H3,(H,19,20). The fourth-order valence-corrected chi connectivity index (χ4v) is 2.01. The second kappa shape index (κ2) is 6.16. The zero-order valence-electron chi connectivity index (χ0n) is 11.1. The number of methoxy groups -OCH3 is 1. The van der Waals surface area contributed by atoms with Crippen LogP contribution in [-0.2, 0) is 0 Å². The molecule has 21 heavy (non-hydrogen) atoms. The summed E-state index contributed by atoms with van der Waals surface area (Å²) in [5, 5.41) is 21.3. The van der Waals surface area contributed by atoms with Gasteiger partial charge in [0, 0.05) is 11.8 Å². The first-order chi connectivity index (χ1) is 10.0. The van der Waals surface area contributed by atoms with Crippen molar-refractivity contribution in [2.75, 3.05) is 12.4 Å². The van der Waals surface area contributed by atoms with Crippen molar-refractivity contribution in [2.24, 2.45) is 0 Å². The van der Waals surface area contributed by atoms with Gasteiger partial charge in [0.2, 0.25) is 0 Å². The van der Waals surface area contributed by atoms with Gasteiger partial charge in [0.05, 0.1) is 29.5 Å². The molecule has 0 saturated carbocycles. The Kier molecular flexibility index (Phi) is 4.31. The summed E-state index contributed by atoms with van der Waals surface area (Å²) in [7, 11) is 1.40. The molecular weight excluding hydrogens is 292 g/mol. The van der Waals surface area contributed by atoms with Crippen molar-refractivity contribution >= 4 is 28.9 Å². The molecule has 0 amide bonds. The number of benzene rings is 2. The number of carboxylic acids is 1. The van der Waals surface area contributed by atoms with E-state index in [0.717, 1.165) is 0 Å². The lowest BCUT2D eigenvalue weighted by Gasteiger charge is -2.11. The molecule has 6 heteroatoms. The lowest BCUT2D eigenvalue weighted by Crippen LogP contribution is -2.01. The number of hydrogen-bond acceptors (Lipinski definition) is 4. The van der Waals surface area contributed by atoms with Crippen LogP contribution in [0, 0.1) is 11.3 Å². The first-order valence-electron chi connectivity index (χ1n) is 5.93. The van der Waals surface area contributed by atoms with Gasteiger partial charge in [-0.1, -0.05) is 11.6 Å². The number of hydrogen-bond donors (Lipinski definition) is 2. The van der Waals surface area contributed by atoms with E-state index >= 15 is 0 Å². The second-order valence-corrected chi connectivity index (χ2v) is 4.56. The van der Waals surface area contributed by atoms with Crippen LogP contribution in [0.15, 0.2) is 36.4 Å². The van der Waals surface area contributed by atoms with Crippen molar-refractivity contribution in [3.8, 4) is 11.8 Å². The number of halogens is 1. The van der Waals surface area contributed by atoms with E-state index in [4.69, 9.17) is 26.7 Å². The molecular formula is C15H11ClN2O3. The summed E-state index contributed by atoms with van der Waals surface area (Å²) >= 11 is 6.07. The molecule has 0 fully saturated rings. The highest BCUT2D eigenvalue weighted by atomic mass is 35.5. The van der Waals surface area contributed by atoms with Crippen molar-refractivity contribution in [2.45, 2.75) is 0 Å². The molecule has 0 aliphatic carbocycles. The van der Waals surface area contributed by atoms with Gasteiger partial charge in [-0.2, -0.15) is 5.26 Å². The van der Waals surface area contributed by atoms with Gasteiger partial charge in [0.15, 0.2) is 0 Å². The summed E-state index contributed by atoms with van der Waals surface area (Å²) in [4.78, 5) is 11.0. The van der Waals surface area contributed by atoms with Crippen LogP contribution >= 0.6 is 11.6 Å². The molecule has 2 N–H and O–H groups in total. The maximum absolute atomic E-state index is 11.0. The van der Waals surface area contributed by atoms with Crippen molar-refractivity contribution in [3.05, 3.63) is 52.5 Å². The first kappa shape index (κ1) is 14.7. The highest BCUT2D eigenvalue weighted by Gasteiger charge is 2.11. The second-order valence-electron chi connectivity index (χ2n) is 4.15. The van der Waals surface area contributed by atoms with Crippen LogP contribution in [-0.4, -0.2) is 18.2 Å². The van der Waals surface area contributed by atoms with Crippen LogP contribution in [0.4, 0.5) is 11.4 Å². The number of ether oxygens (including phenoxy) is 1. The monoisotopic (exact) mass is 302 g/mol. The van der Waals surface area contributed by atoms with E-state index in [1.54, 1.807) is 30.3 Å². The number of rotatable bonds is 4. The molecule has 0 atom stereocenters. The number of nitriles is 1. The molecule has 106 valence electrons. The summed E-state index contributed by atoms with van der Waals surface area (Å²) in [5.41, 5.74) is 1.78. The Morgan fingerprint density at radius 2 is 2.10 bits per heavy atom. The molecule has 0 bridgehead atoms. The van der Waals surface area contributed by atoms with E-state index in [1.165, 1.54) is 13.2 Å². The zero-order valence-corrected chi connectivity index (χ0v) is 11.8. The zero-order chi connectivity index (χ0) is 15.4. The smallest absolute Gasteiger partial charge is 0.339 e. The number of carbonyl (C=O) groups is 1. The summed E-state index contributed by atoms with van der Waals surface area (Å²) < 4.78 is 5.05. The number of aromatic carboxylic acids is 1. The third-order valence-electron chi connectivity index (χ3n) is 2.81. The summed E-state index contributed by atoms with van der Waals surface area (Å²) in [6.07, 6.45) is 0. The average Bonchev–Trinajstić information content (AvgIpc) is 2.48. The van der Waals surface area contributed by atoms with Gasteiger partial charge in [0.1, 0.15) is 11.3 Å². The predicted molar refractivity (Wildman–Crippen MR) is 79.4 cm³/mol. The van der Waals surface area contributed by atoms with Gasteiger partial charge < -0.3 is 15.2 Å². The predicted octanol–water partition coefficient (Wildman–Crippen LogP) is 3.66. The van der Waals surface area contributed by atoms with E-state index in [0.29, 0.717) is 22.0 Å². The molecule has 0 aliphatic rings. The van der Waals surface area contributed by atoms with Crippen LogP contribution in [0.25, 0.3) is 0 Å². The maximum Gasteiger partial charge on any atom is 0.339 e. The Labute approximate surface area is 126 Å². The van der Waals surface area contributed by atoms with Gasteiger partial charge in [-0.3, -0.25) is 0 Å². The third kappa shape index (κ3) is 3.25. The fraction of sp³-hybridized carbons (Fsp3) is 0.0667. The van der Waals surface area contributed by atoms with Gasteiger partial charge in [-0.25, -0.2) is 4.79 Å². The summed E-state index contributed by atoms with van der Waals surface area (Å²) in [5.74, 6) is -0.813. The fourth-order valence-electron chi connectivity index (χ4n) is 1.79. The van der Waals surface area contributed by atoms with Crippen molar-refractivity contribution in [1.82, 2.24) is 0 Å². The van der Waals surface area contributed by atoms with Crippen LogP contribution in [0.3, 0.4) is 0 Å². The number of carboxylic acid groups (broad SMARTS) is 1. The SMILES string of the molecule is COc1cc(Nc2ccc(C#N)cc2Cl)ccc1C(=O)O. The Bertz CT molecular complexity index is 738. The Hall–Kier alpha value is -2.71. The Morgan fingerprint density at radius 1 is 1.33 bits per heavy atom. The number of nitrogens with zero attached hydrogens (tertiary/aromatic N) is 1. The van der Waals surface area contributed by atoms with Crippen molar-refractivity contribution < 1.29 is 14.6 Å². The number of anilines is 2. The Morgan fingerprint density at radius 3 is 2.67 bits per heavy atom. The van der Waals surface area contributed by atoms with E-state index in [2.05, 4.69) is 5.32 Å². The lowest BCUT2D eigenvalue weighted by molar-refractivity contribution is 0.0693. The largest absolute Gasteiger partial charge is 0.496 e. The molecule has 0 saturated heterocycles. The van der Waals surface area contributed by atoms with Crippen molar-refractivity contribution in [1.29, 1.82) is 5.26 Å². The molecule has 0 radical (unpaired) electrons. The lowest BCUT2D eigenvalue weighted by atomic mass is 10.1. The molecule has 5 nitrogen and oxygen atoms in total. The topological polar surface area (TPSA) is 82.3 Å². The van der Waals surface area contributed by atoms with Crippen molar-refractivity contribution in [3.63, 3.8) is 0 Å². The van der Waals surface area contributed by atoms with Crippen LogP contribution in [0.5, 0.6) is 5.75 Å². The normalized spacial score (nSPS) is 9.76. The molecule has 2 aromatic carbocycles. The molecule has 0 spiro atoms. The molecule has 0 aliphatic heterocycles. The molecule has 2 aromatic rings. The molecule has 0 heterocycles. The van der Waals surface area contributed by atoms with Crippen LogP contribution < -0.4 is 10.1 Å². The Balaban J connectivity index is 2.32. The molecule has 2 rings (SSSR count). The molecule has 0 unspecified atom stereocenters. The maximum atomic E-state index is 11.0.